The molecule has 6 heteroatoms. The number of pyridine rings is 1. The van der Waals surface area contributed by atoms with Crippen LogP contribution in [0.1, 0.15) is 65.1 Å². The van der Waals surface area contributed by atoms with Crippen LogP contribution in [0.5, 0.6) is 0 Å². The molecule has 42 heavy (non-hydrogen) atoms. The minimum absolute atomic E-state index is 0.141. The van der Waals surface area contributed by atoms with Crippen LogP contribution in [0.4, 0.5) is 0 Å². The average Bonchev–Trinajstić information content (AvgIpc) is 3.52. The van der Waals surface area contributed by atoms with Gasteiger partial charge in [-0.3, -0.25) is 19.6 Å². The fourth-order valence-corrected chi connectivity index (χ4v) is 5.49. The van der Waals surface area contributed by atoms with Crippen molar-refractivity contribution in [3.8, 4) is 0 Å². The summed E-state index contributed by atoms with van der Waals surface area (Å²) in [5.41, 5.74) is 6.41. The van der Waals surface area contributed by atoms with Crippen LogP contribution in [0.15, 0.2) is 97.5 Å². The van der Waals surface area contributed by atoms with Crippen LogP contribution in [-0.4, -0.2) is 43.6 Å². The van der Waals surface area contributed by atoms with Crippen LogP contribution >= 0.6 is 0 Å². The predicted octanol–water partition coefficient (Wildman–Crippen LogP) is 7.21. The number of H-pyrrole nitrogens is 1. The number of para-hydroxylation sites is 1. The van der Waals surface area contributed by atoms with E-state index in [1.54, 1.807) is 6.20 Å². The standard InChI is InChI=1S/C36H41N5O/c1-3-19-40(20-4-2)24-29-11-9-28(10-12-29)22-35(42)32-15-13-30(14-16-32)25-41(27-36-37-17-18-38-36)26-31-21-33-7-5-6-8-34(33)39-23-31/h5-18,21,23H,3-4,19-20,22,24-27H2,1-2H3,(H,37,38). The third-order valence-corrected chi connectivity index (χ3v) is 7.54. The molecule has 1 N–H and O–H groups in total. The number of nitrogens with one attached hydrogen (secondary N) is 1. The molecule has 6 nitrogen and oxygen atoms in total. The Bertz CT molecular complexity index is 1540. The second-order valence-electron chi connectivity index (χ2n) is 11.1. The molecule has 0 aliphatic carbocycles. The van der Waals surface area contributed by atoms with Crippen molar-refractivity contribution in [1.29, 1.82) is 0 Å². The van der Waals surface area contributed by atoms with Gasteiger partial charge >= 0.3 is 0 Å². The maximum Gasteiger partial charge on any atom is 0.167 e. The van der Waals surface area contributed by atoms with Gasteiger partial charge in [0.25, 0.3) is 0 Å². The number of Topliss-reactive ketones (excluding diaryl/α,β-unsaturated/α-hetero) is 1. The highest BCUT2D eigenvalue weighted by molar-refractivity contribution is 5.97. The van der Waals surface area contributed by atoms with Gasteiger partial charge in [0.15, 0.2) is 5.78 Å². The largest absolute Gasteiger partial charge is 0.348 e. The van der Waals surface area contributed by atoms with Crippen molar-refractivity contribution in [3.63, 3.8) is 0 Å². The lowest BCUT2D eigenvalue weighted by atomic mass is 10.0. The van der Waals surface area contributed by atoms with E-state index in [0.717, 1.165) is 84.5 Å². The Kier molecular flexibility index (Phi) is 10.3. The lowest BCUT2D eigenvalue weighted by molar-refractivity contribution is 0.0993. The molecule has 0 unspecified atom stereocenters. The summed E-state index contributed by atoms with van der Waals surface area (Å²) in [4.78, 5) is 30.2. The van der Waals surface area contributed by atoms with Gasteiger partial charge in [0.1, 0.15) is 5.82 Å². The zero-order chi connectivity index (χ0) is 29.1. The summed E-state index contributed by atoms with van der Waals surface area (Å²) >= 11 is 0. The molecule has 0 spiro atoms. The number of hydrogen-bond donors (Lipinski definition) is 1. The SMILES string of the molecule is CCCN(CCC)Cc1ccc(CC(=O)c2ccc(CN(Cc3cnc4ccccc4c3)Cc3ncc[nH]3)cc2)cc1. The van der Waals surface area contributed by atoms with Gasteiger partial charge in [-0.15, -0.1) is 0 Å². The Hall–Kier alpha value is -4.13. The summed E-state index contributed by atoms with van der Waals surface area (Å²) in [6.45, 7) is 9.81. The number of aromatic nitrogens is 3. The quantitative estimate of drug-likeness (QED) is 0.137. The highest BCUT2D eigenvalue weighted by Crippen LogP contribution is 2.18. The lowest BCUT2D eigenvalue weighted by Gasteiger charge is -2.22. The molecule has 2 heterocycles. The van der Waals surface area contributed by atoms with Gasteiger partial charge in [-0.1, -0.05) is 80.6 Å². The number of carbonyl (C=O) groups excluding carboxylic acids is 1. The number of nitrogens with zero attached hydrogens (tertiary/aromatic N) is 4. The summed E-state index contributed by atoms with van der Waals surface area (Å²) in [5, 5.41) is 1.14. The maximum absolute atomic E-state index is 13.1. The van der Waals surface area contributed by atoms with Crippen molar-refractivity contribution in [3.05, 3.63) is 131 Å². The second-order valence-corrected chi connectivity index (χ2v) is 11.1. The van der Waals surface area contributed by atoms with E-state index in [4.69, 9.17) is 0 Å². The molecule has 5 aromatic rings. The Labute approximate surface area is 249 Å². The van der Waals surface area contributed by atoms with Crippen LogP contribution in [0, 0.1) is 0 Å². The topological polar surface area (TPSA) is 65.1 Å². The van der Waals surface area contributed by atoms with E-state index in [0.29, 0.717) is 13.0 Å². The van der Waals surface area contributed by atoms with Gasteiger partial charge in [-0.2, -0.15) is 0 Å². The number of carbonyl (C=O) groups is 1. The van der Waals surface area contributed by atoms with E-state index in [9.17, 15) is 4.79 Å². The fourth-order valence-electron chi connectivity index (χ4n) is 5.49. The Balaban J connectivity index is 1.21. The summed E-state index contributed by atoms with van der Waals surface area (Å²) in [7, 11) is 0. The Morgan fingerprint density at radius 3 is 2.05 bits per heavy atom. The zero-order valence-corrected chi connectivity index (χ0v) is 24.8. The summed E-state index contributed by atoms with van der Waals surface area (Å²) in [6.07, 6.45) is 8.33. The molecule has 0 saturated carbocycles. The first-order valence-electron chi connectivity index (χ1n) is 15.1. The number of hydrogen-bond acceptors (Lipinski definition) is 5. The van der Waals surface area contributed by atoms with Gasteiger partial charge in [0.2, 0.25) is 0 Å². The molecule has 5 rings (SSSR count). The molecule has 2 aromatic heterocycles. The predicted molar refractivity (Wildman–Crippen MR) is 170 cm³/mol. The van der Waals surface area contributed by atoms with Crippen LogP contribution in [0.3, 0.4) is 0 Å². The molecular weight excluding hydrogens is 518 g/mol. The number of imidazole rings is 1. The number of aromatic amines is 1. The normalized spacial score (nSPS) is 11.5. The van der Waals surface area contributed by atoms with Crippen molar-refractivity contribution in [2.24, 2.45) is 0 Å². The molecule has 0 fully saturated rings. The van der Waals surface area contributed by atoms with Gasteiger partial charge in [0, 0.05) is 55.6 Å². The molecular formula is C36H41N5O. The zero-order valence-electron chi connectivity index (χ0n) is 24.8. The van der Waals surface area contributed by atoms with Crippen molar-refractivity contribution >= 4 is 16.7 Å². The smallest absolute Gasteiger partial charge is 0.167 e. The Morgan fingerprint density at radius 2 is 1.36 bits per heavy atom. The molecule has 0 saturated heterocycles. The van der Waals surface area contributed by atoms with E-state index in [1.165, 1.54) is 5.56 Å². The molecule has 0 aliphatic heterocycles. The maximum atomic E-state index is 13.1. The van der Waals surface area contributed by atoms with Gasteiger partial charge in [-0.05, 0) is 60.3 Å². The van der Waals surface area contributed by atoms with E-state index in [2.05, 4.69) is 87.1 Å². The first kappa shape index (κ1) is 29.4. The van der Waals surface area contributed by atoms with Gasteiger partial charge in [0.05, 0.1) is 12.1 Å². The molecule has 0 atom stereocenters. The molecule has 0 radical (unpaired) electrons. The van der Waals surface area contributed by atoms with E-state index in [1.807, 2.05) is 42.7 Å². The summed E-state index contributed by atoms with van der Waals surface area (Å²) in [6, 6.07) is 27.0. The van der Waals surface area contributed by atoms with Crippen LogP contribution < -0.4 is 0 Å². The molecule has 0 amide bonds. The number of ketones is 1. The molecule has 216 valence electrons. The van der Waals surface area contributed by atoms with Crippen LogP contribution in [0.2, 0.25) is 0 Å². The van der Waals surface area contributed by atoms with E-state index < -0.39 is 0 Å². The minimum atomic E-state index is 0.141. The van der Waals surface area contributed by atoms with Crippen molar-refractivity contribution in [2.45, 2.75) is 59.3 Å². The van der Waals surface area contributed by atoms with Gasteiger partial charge < -0.3 is 4.98 Å². The van der Waals surface area contributed by atoms with Gasteiger partial charge in [-0.25, -0.2) is 4.98 Å². The van der Waals surface area contributed by atoms with E-state index in [-0.39, 0.29) is 5.78 Å². The minimum Gasteiger partial charge on any atom is -0.348 e. The van der Waals surface area contributed by atoms with Crippen LogP contribution in [0.25, 0.3) is 10.9 Å². The first-order valence-corrected chi connectivity index (χ1v) is 15.1. The summed E-state index contributed by atoms with van der Waals surface area (Å²) in [5.74, 6) is 1.06. The number of rotatable bonds is 15. The molecule has 0 aliphatic rings. The Morgan fingerprint density at radius 1 is 0.714 bits per heavy atom. The second kappa shape index (κ2) is 14.7. The molecule has 0 bridgehead atoms. The van der Waals surface area contributed by atoms with E-state index >= 15 is 0 Å². The number of benzene rings is 3. The third kappa shape index (κ3) is 8.21. The van der Waals surface area contributed by atoms with Crippen molar-refractivity contribution < 1.29 is 4.79 Å². The third-order valence-electron chi connectivity index (χ3n) is 7.54. The van der Waals surface area contributed by atoms with Crippen LogP contribution in [-0.2, 0) is 32.6 Å². The fraction of sp³-hybridized carbons (Fsp3) is 0.306. The summed E-state index contributed by atoms with van der Waals surface area (Å²) < 4.78 is 0. The first-order chi connectivity index (χ1) is 20.6. The lowest BCUT2D eigenvalue weighted by Crippen LogP contribution is -2.24. The monoisotopic (exact) mass is 559 g/mol. The highest BCUT2D eigenvalue weighted by atomic mass is 16.1. The van der Waals surface area contributed by atoms with Crippen molar-refractivity contribution in [2.75, 3.05) is 13.1 Å². The highest BCUT2D eigenvalue weighted by Gasteiger charge is 2.13. The number of fused-ring (bicyclic) bond motifs is 1. The average molecular weight is 560 g/mol. The van der Waals surface area contributed by atoms with Crippen molar-refractivity contribution in [1.82, 2.24) is 24.8 Å². The molecule has 3 aromatic carbocycles.